The molecule has 3 aliphatic rings. The van der Waals surface area contributed by atoms with Crippen LogP contribution >= 0.6 is 19.1 Å². The number of carbonyl (C=O) groups is 3. The summed E-state index contributed by atoms with van der Waals surface area (Å²) in [5.41, 5.74) is -0.692. The maximum absolute atomic E-state index is 14.5. The van der Waals surface area contributed by atoms with Gasteiger partial charge in [0.15, 0.2) is 33.8 Å². The Morgan fingerprint density at radius 3 is 2.41 bits per heavy atom. The molecule has 4 aromatic rings. The number of nitrogens with zero attached hydrogens (tertiary/aromatic N) is 5. The molecule has 2 aromatic heterocycles. The van der Waals surface area contributed by atoms with E-state index in [0.29, 0.717) is 45.0 Å². The Bertz CT molecular complexity index is 2650. The molecule has 1 fully saturated rings. The number of rotatable bonds is 10. The van der Waals surface area contributed by atoms with Crippen molar-refractivity contribution >= 4 is 68.9 Å². The van der Waals surface area contributed by atoms with E-state index in [0.717, 1.165) is 44.0 Å². The van der Waals surface area contributed by atoms with Crippen LogP contribution < -0.4 is 24.6 Å². The number of amides is 1. The van der Waals surface area contributed by atoms with Gasteiger partial charge in [0.1, 0.15) is 24.9 Å². The lowest BCUT2D eigenvalue weighted by Gasteiger charge is -2.28. The molecular weight excluding hydrogens is 932 g/mol. The van der Waals surface area contributed by atoms with Gasteiger partial charge in [0.2, 0.25) is 4.80 Å². The van der Waals surface area contributed by atoms with Gasteiger partial charge in [0, 0.05) is 48.3 Å². The van der Waals surface area contributed by atoms with Crippen LogP contribution in [-0.4, -0.2) is 101 Å². The Hall–Kier alpha value is -4.89. The fraction of sp³-hybridized carbons (Fsp3) is 0.436. The van der Waals surface area contributed by atoms with E-state index in [-0.39, 0.29) is 47.2 Å². The van der Waals surface area contributed by atoms with Crippen LogP contribution in [0.3, 0.4) is 0 Å². The smallest absolute Gasteiger partial charge is 0.416 e. The number of ketones is 1. The van der Waals surface area contributed by atoms with Crippen molar-refractivity contribution in [2.75, 3.05) is 55.9 Å². The summed E-state index contributed by atoms with van der Waals surface area (Å²) in [6, 6.07) is 4.80. The van der Waals surface area contributed by atoms with Crippen molar-refractivity contribution in [3.8, 4) is 18.1 Å². The first-order valence-corrected chi connectivity index (χ1v) is 25.6. The standard InChI is InChI=1S/C18H17FN4O2S.C15H12F3NO4S.C3H8NO5P.C3H9S/c1-4-5-22-13-7-12(11(19)6-14(13)25-9-16(22)24)20-17-23-10-18(2,3)8-15(23)21-26-17;1-24(21,22)12-6-9(15(16,17)18)4-5-10(12)13(20)11-7-19-23-14(11)8-2-3-8;5-3(6)1-4-2-10(7,8)9;1-4(2)3/h1,6-7H,5,8-10H2,2-3H3;4-8H,2-3H2,1H3;4H,1-2H2,(H,5,6)(H2,7,8,9);1-3H3/q;;;+1/p-1. The van der Waals surface area contributed by atoms with E-state index >= 15 is 0 Å². The molecule has 3 N–H and O–H groups in total. The lowest BCUT2D eigenvalue weighted by atomic mass is 9.92. The monoisotopic (exact) mass is 976 g/mol. The number of ether oxygens (including phenoxy) is 1. The van der Waals surface area contributed by atoms with E-state index in [9.17, 15) is 49.8 Å². The van der Waals surface area contributed by atoms with Crippen LogP contribution in [0.15, 0.2) is 50.9 Å². The summed E-state index contributed by atoms with van der Waals surface area (Å²) in [5, 5.41) is 13.5. The highest BCUT2D eigenvalue weighted by Gasteiger charge is 2.36. The molecule has 17 nitrogen and oxygen atoms in total. The number of aromatic nitrogens is 3. The minimum atomic E-state index is -4.71. The van der Waals surface area contributed by atoms with Crippen LogP contribution in [0.5, 0.6) is 5.75 Å². The number of hydrogen-bond donors (Lipinski definition) is 3. The minimum absolute atomic E-state index is 0.0441. The van der Waals surface area contributed by atoms with E-state index in [1.165, 1.54) is 34.8 Å². The molecule has 348 valence electrons. The maximum atomic E-state index is 14.5. The molecule has 2 aromatic carbocycles. The molecule has 0 saturated heterocycles. The number of carbonyl (C=O) groups excluding carboxylic acids is 2. The number of sulfone groups is 1. The van der Waals surface area contributed by atoms with E-state index in [1.54, 1.807) is 0 Å². The third-order valence-electron chi connectivity index (χ3n) is 8.77. The number of anilines is 1. The molecular formula is C39H45F4N6O11PS3. The third kappa shape index (κ3) is 14.6. The zero-order chi connectivity index (χ0) is 47.9. The summed E-state index contributed by atoms with van der Waals surface area (Å²) in [6.07, 6.45) is 10.9. The van der Waals surface area contributed by atoms with Crippen molar-refractivity contribution < 1.29 is 69.1 Å². The van der Waals surface area contributed by atoms with Gasteiger partial charge in [-0.05, 0) is 53.4 Å². The van der Waals surface area contributed by atoms with Gasteiger partial charge < -0.3 is 33.3 Å². The number of aliphatic carboxylic acids is 1. The third-order valence-corrected chi connectivity index (χ3v) is 11.3. The van der Waals surface area contributed by atoms with Gasteiger partial charge in [-0.3, -0.25) is 24.6 Å². The van der Waals surface area contributed by atoms with Crippen LogP contribution in [0, 0.1) is 23.6 Å². The highest BCUT2D eigenvalue weighted by atomic mass is 32.2. The second-order valence-electron chi connectivity index (χ2n) is 15.7. The molecule has 4 heterocycles. The van der Waals surface area contributed by atoms with Gasteiger partial charge in [0.05, 0.1) is 66.0 Å². The lowest BCUT2D eigenvalue weighted by molar-refractivity contribution is -0.193. The average Bonchev–Trinajstić information content (AvgIpc) is 3.65. The van der Waals surface area contributed by atoms with Gasteiger partial charge in [-0.15, -0.1) is 6.42 Å². The minimum Gasteiger partial charge on any atom is -0.778 e. The number of nitrogens with one attached hydrogen (secondary N) is 1. The van der Waals surface area contributed by atoms with Crippen LogP contribution in [0.25, 0.3) is 0 Å². The predicted octanol–water partition coefficient (Wildman–Crippen LogP) is 4.12. The lowest BCUT2D eigenvalue weighted by Crippen LogP contribution is -2.39. The number of hydrogen-bond acceptors (Lipinski definition) is 14. The number of benzene rings is 2. The number of fused-ring (bicyclic) bond motifs is 2. The molecule has 1 atom stereocenters. The molecule has 2 aliphatic heterocycles. The molecule has 1 saturated carbocycles. The van der Waals surface area contributed by atoms with E-state index in [4.69, 9.17) is 25.7 Å². The Labute approximate surface area is 372 Å². The quantitative estimate of drug-likeness (QED) is 0.0666. The topological polar surface area (TPSA) is 247 Å². The van der Waals surface area contributed by atoms with Gasteiger partial charge in [-0.2, -0.15) is 17.5 Å². The van der Waals surface area contributed by atoms with Gasteiger partial charge >= 0.3 is 12.1 Å². The summed E-state index contributed by atoms with van der Waals surface area (Å²) in [6.45, 7) is 4.57. The predicted molar refractivity (Wildman–Crippen MR) is 228 cm³/mol. The number of carboxylic acids is 1. The number of terminal acetylenes is 1. The van der Waals surface area contributed by atoms with Gasteiger partial charge in [0.25, 0.3) is 5.91 Å². The van der Waals surface area contributed by atoms with E-state index in [1.807, 2.05) is 9.88 Å². The molecule has 1 aliphatic carbocycles. The van der Waals surface area contributed by atoms with Gasteiger partial charge in [-0.25, -0.2) is 17.8 Å². The second-order valence-corrected chi connectivity index (χ2v) is 22.4. The first kappa shape index (κ1) is 51.7. The Balaban J connectivity index is 0.000000218. The molecule has 0 radical (unpaired) electrons. The molecule has 64 heavy (non-hydrogen) atoms. The molecule has 0 spiro atoms. The Morgan fingerprint density at radius 1 is 1.19 bits per heavy atom. The van der Waals surface area contributed by atoms with Crippen molar-refractivity contribution in [3.05, 3.63) is 75.4 Å². The second kappa shape index (κ2) is 21.0. The molecule has 25 heteroatoms. The SMILES string of the molecule is C#CCN1C(=O)COc2cc(F)c(N=c3snc4n3CC(C)(C)C4)cc21.CS(=O)(=O)c1cc(C(F)(F)F)ccc1C(=O)c1cnoc1C1CC1.C[S+](C)C.O=C(O)CNCP(=O)([O-])O. The van der Waals surface area contributed by atoms with E-state index < -0.39 is 64.5 Å². The molecule has 7 rings (SSSR count). The van der Waals surface area contributed by atoms with Crippen LogP contribution in [0.4, 0.5) is 28.9 Å². The average molecular weight is 977 g/mol. The number of alkyl halides is 3. The van der Waals surface area contributed by atoms with Gasteiger partial charge in [-0.1, -0.05) is 24.9 Å². The van der Waals surface area contributed by atoms with Crippen LogP contribution in [-0.2, 0) is 54.0 Å². The Kier molecular flexibility index (Phi) is 16.9. The van der Waals surface area contributed by atoms with Crippen LogP contribution in [0.1, 0.15) is 65.7 Å². The van der Waals surface area contributed by atoms with Crippen molar-refractivity contribution in [1.29, 1.82) is 0 Å². The van der Waals surface area contributed by atoms with Crippen molar-refractivity contribution in [3.63, 3.8) is 0 Å². The normalized spacial score (nSPS) is 16.3. The zero-order valence-corrected chi connectivity index (χ0v) is 38.6. The number of carboxylic acid groups (broad SMARTS) is 1. The largest absolute Gasteiger partial charge is 0.778 e. The van der Waals surface area contributed by atoms with Crippen LogP contribution in [0.2, 0.25) is 0 Å². The Morgan fingerprint density at radius 2 is 1.84 bits per heavy atom. The molecule has 1 amide bonds. The maximum Gasteiger partial charge on any atom is 0.416 e. The first-order valence-electron chi connectivity index (χ1n) is 18.8. The summed E-state index contributed by atoms with van der Waals surface area (Å²) in [7, 11) is -7.75. The fourth-order valence-corrected chi connectivity index (χ4v) is 8.00. The summed E-state index contributed by atoms with van der Waals surface area (Å²) in [5.74, 6) is 1.42. The van der Waals surface area contributed by atoms with Crippen molar-refractivity contribution in [2.45, 2.75) is 56.6 Å². The summed E-state index contributed by atoms with van der Waals surface area (Å²) >= 11 is 1.24. The zero-order valence-electron chi connectivity index (χ0n) is 35.3. The summed E-state index contributed by atoms with van der Waals surface area (Å²) < 4.78 is 104. The summed E-state index contributed by atoms with van der Waals surface area (Å²) in [4.78, 5) is 58.3. The van der Waals surface area contributed by atoms with Crippen molar-refractivity contribution in [2.24, 2.45) is 10.4 Å². The molecule has 0 bridgehead atoms. The van der Waals surface area contributed by atoms with E-state index in [2.05, 4.69) is 53.1 Å². The van der Waals surface area contributed by atoms with Crippen molar-refractivity contribution in [1.82, 2.24) is 19.4 Å². The number of halogens is 4. The fourth-order valence-electron chi connectivity index (χ4n) is 5.95. The molecule has 1 unspecified atom stereocenters. The highest BCUT2D eigenvalue weighted by molar-refractivity contribution is 7.94. The first-order chi connectivity index (χ1) is 29.6. The highest BCUT2D eigenvalue weighted by Crippen LogP contribution is 2.43.